The highest BCUT2D eigenvalue weighted by atomic mass is 79.9. The van der Waals surface area contributed by atoms with Crippen LogP contribution in [0.15, 0.2) is 216 Å². The Balaban J connectivity index is 0.000000158. The maximum absolute atomic E-state index is 15.5. The number of nitrogens with zero attached hydrogens (tertiary/aromatic N) is 6. The van der Waals surface area contributed by atoms with Crippen molar-refractivity contribution in [1.82, 2.24) is 39.0 Å². The number of halogens is 6. The number of pyridine rings is 4. The van der Waals surface area contributed by atoms with E-state index in [2.05, 4.69) is 61.8 Å². The van der Waals surface area contributed by atoms with Crippen LogP contribution < -0.4 is 9.47 Å². The Kier molecular flexibility index (Phi) is 25.3. The Bertz CT molecular complexity index is 6260. The minimum absolute atomic E-state index is 0.0166. The van der Waals surface area contributed by atoms with Gasteiger partial charge in [0.25, 0.3) is 0 Å². The molecule has 14 aromatic rings. The van der Waals surface area contributed by atoms with Crippen molar-refractivity contribution in [1.29, 1.82) is 0 Å². The van der Waals surface area contributed by atoms with Crippen molar-refractivity contribution in [2.45, 2.75) is 105 Å². The van der Waals surface area contributed by atoms with E-state index in [1.54, 1.807) is 120 Å². The summed E-state index contributed by atoms with van der Waals surface area (Å²) in [6, 6.07) is 41.6. The van der Waals surface area contributed by atoms with E-state index in [1.165, 1.54) is 104 Å². The fourth-order valence-electron chi connectivity index (χ4n) is 11.6. The molecule has 0 aliphatic carbocycles. The lowest BCUT2D eigenvalue weighted by atomic mass is 10.0. The van der Waals surface area contributed by atoms with Crippen LogP contribution in [0.5, 0.6) is 23.0 Å². The maximum atomic E-state index is 15.5. The number of nitrogens with one attached hydrogen (secondary N) is 2. The number of benzene rings is 6. The maximum Gasteiger partial charge on any atom is 0.514 e. The standard InChI is InChI=1S/C30H29FN2O6.C24H24BrFN2O6.C20H13FN2O2.C14H8BrFN2O2/c1-29(2,3)38-27(35)33-17-22(21-15-19(16-32-26(21)33)18-11-8-7-9-12-18)25(34)20-13-10-14-23(24(20)31)37-28(36)39-30(4,5)6;1-23(2,3)33-21(30)28-12-16(15-10-13(25)11-27-20(15)28)19(29)14-8-7-9-17(18(14)26)32-22(31)34-24(4,5)6;21-18-14(7-4-8-17(18)24)19(25)16-11-23-20-15(16)9-13(10-22-20)12-5-2-1-3-6-12;15-7-4-9-10(6-18-14(9)17-5-7)13(20)8-2-1-3-11(19)12(8)16/h7-17H,1-6H3;7-12H,1-6H3;1-11,24H,(H,22,23);1-6,19H,(H,17,18). The quantitative estimate of drug-likeness (QED) is 0.0290. The first kappa shape index (κ1) is 85.4. The first-order chi connectivity index (χ1) is 55.6. The second kappa shape index (κ2) is 34.9. The van der Waals surface area contributed by atoms with Gasteiger partial charge in [0.1, 0.15) is 45.0 Å². The lowest BCUT2D eigenvalue weighted by Gasteiger charge is -2.19. The van der Waals surface area contributed by atoms with Crippen LogP contribution in [0, 0.1) is 23.3 Å². The summed E-state index contributed by atoms with van der Waals surface area (Å²) in [6.45, 7) is 20.1. The summed E-state index contributed by atoms with van der Waals surface area (Å²) in [6.07, 6.45) is 8.20. The third-order valence-electron chi connectivity index (χ3n) is 16.7. The number of carbonyl (C=O) groups excluding carboxylic acids is 8. The molecule has 14 rings (SSSR count). The Morgan fingerprint density at radius 2 is 0.678 bits per heavy atom. The number of H-pyrrole nitrogens is 2. The Morgan fingerprint density at radius 3 is 1.08 bits per heavy atom. The van der Waals surface area contributed by atoms with Crippen LogP contribution in [0.1, 0.15) is 147 Å². The molecule has 30 heteroatoms. The molecule has 0 atom stereocenters. The van der Waals surface area contributed by atoms with E-state index in [0.717, 1.165) is 30.3 Å². The van der Waals surface area contributed by atoms with E-state index in [0.29, 0.717) is 54.0 Å². The number of ether oxygens (including phenoxy) is 6. The zero-order chi connectivity index (χ0) is 85.6. The largest absolute Gasteiger partial charge is 0.514 e. The Labute approximate surface area is 688 Å². The van der Waals surface area contributed by atoms with Gasteiger partial charge in [-0.2, -0.15) is 0 Å². The molecule has 0 saturated heterocycles. The summed E-state index contributed by atoms with van der Waals surface area (Å²) in [7, 11) is 0. The summed E-state index contributed by atoms with van der Waals surface area (Å²) in [4.78, 5) is 125. The molecule has 604 valence electrons. The molecule has 118 heavy (non-hydrogen) atoms. The molecule has 0 spiro atoms. The van der Waals surface area contributed by atoms with Crippen molar-refractivity contribution in [2.75, 3.05) is 0 Å². The van der Waals surface area contributed by atoms with Crippen molar-refractivity contribution < 1.29 is 94.6 Å². The fourth-order valence-corrected chi connectivity index (χ4v) is 12.3. The number of aromatic nitrogens is 8. The molecule has 0 saturated carbocycles. The van der Waals surface area contributed by atoms with Crippen molar-refractivity contribution in [2.24, 2.45) is 0 Å². The van der Waals surface area contributed by atoms with Crippen molar-refractivity contribution in [3.05, 3.63) is 284 Å². The molecular formula is C88H74Br2F4N8O16. The van der Waals surface area contributed by atoms with Crippen molar-refractivity contribution in [3.8, 4) is 45.3 Å². The van der Waals surface area contributed by atoms with Crippen LogP contribution in [0.25, 0.3) is 66.4 Å². The topological polar surface area (TPSA) is 325 Å². The molecule has 24 nitrogen and oxygen atoms in total. The molecule has 4 N–H and O–H groups in total. The van der Waals surface area contributed by atoms with Gasteiger partial charge in [0, 0.05) is 102 Å². The molecule has 0 aliphatic rings. The summed E-state index contributed by atoms with van der Waals surface area (Å²) >= 11 is 6.58. The van der Waals surface area contributed by atoms with Crippen molar-refractivity contribution >= 4 is 124 Å². The van der Waals surface area contributed by atoms with Crippen LogP contribution in [-0.2, 0) is 18.9 Å². The fraction of sp³-hybridized carbons (Fsp3) is 0.182. The first-order valence-corrected chi connectivity index (χ1v) is 37.6. The van der Waals surface area contributed by atoms with Gasteiger partial charge in [-0.25, -0.2) is 65.8 Å². The third-order valence-corrected chi connectivity index (χ3v) is 17.5. The van der Waals surface area contributed by atoms with Gasteiger partial charge in [-0.3, -0.25) is 19.2 Å². The lowest BCUT2D eigenvalue weighted by molar-refractivity contribution is 0.0185. The van der Waals surface area contributed by atoms with Crippen LogP contribution in [0.3, 0.4) is 0 Å². The van der Waals surface area contributed by atoms with E-state index in [9.17, 15) is 57.4 Å². The van der Waals surface area contributed by atoms with E-state index in [4.69, 9.17) is 28.4 Å². The third kappa shape index (κ3) is 20.2. The number of aromatic amines is 2. The Morgan fingerprint density at radius 1 is 0.356 bits per heavy atom. The van der Waals surface area contributed by atoms with E-state index < -0.39 is 116 Å². The average molecular weight is 1740 g/mol. The monoisotopic (exact) mass is 1730 g/mol. The summed E-state index contributed by atoms with van der Waals surface area (Å²) in [5, 5.41) is 20.7. The highest BCUT2D eigenvalue weighted by Crippen LogP contribution is 2.36. The van der Waals surface area contributed by atoms with Gasteiger partial charge in [-0.15, -0.1) is 0 Å². The molecule has 8 aromatic heterocycles. The normalized spacial score (nSPS) is 11.5. The lowest BCUT2D eigenvalue weighted by Crippen LogP contribution is -2.27. The number of hydrogen-bond donors (Lipinski definition) is 4. The number of hydrogen-bond acceptors (Lipinski definition) is 20. The highest BCUT2D eigenvalue weighted by Gasteiger charge is 2.32. The van der Waals surface area contributed by atoms with Gasteiger partial charge in [0.15, 0.2) is 69.4 Å². The highest BCUT2D eigenvalue weighted by molar-refractivity contribution is 9.10. The van der Waals surface area contributed by atoms with Gasteiger partial charge < -0.3 is 48.6 Å². The number of rotatable bonds is 12. The van der Waals surface area contributed by atoms with Gasteiger partial charge in [0.05, 0.1) is 33.4 Å². The van der Waals surface area contributed by atoms with E-state index >= 15 is 8.78 Å². The second-order valence-electron chi connectivity index (χ2n) is 30.2. The smallest absolute Gasteiger partial charge is 0.505 e. The zero-order valence-corrected chi connectivity index (χ0v) is 68.4. The van der Waals surface area contributed by atoms with Gasteiger partial charge in [-0.1, -0.05) is 84.9 Å². The number of aromatic hydroxyl groups is 2. The van der Waals surface area contributed by atoms with Crippen LogP contribution in [0.2, 0.25) is 0 Å². The summed E-state index contributed by atoms with van der Waals surface area (Å²) in [5.74, 6) is -8.44. The van der Waals surface area contributed by atoms with Crippen LogP contribution >= 0.6 is 31.9 Å². The minimum atomic E-state index is -1.11. The summed E-state index contributed by atoms with van der Waals surface area (Å²) in [5.41, 5.74) is 1.10. The summed E-state index contributed by atoms with van der Waals surface area (Å²) < 4.78 is 93.1. The SMILES string of the molecule is CC(C)(C)OC(=O)Oc1cccc(C(=O)c2cn(C(=O)OC(C)(C)C)c3ncc(-c4ccccc4)cc23)c1F.CC(C)(C)OC(=O)Oc1cccc(C(=O)c2cn(C(=O)OC(C)(C)C)c3ncc(Br)cc23)c1F.O=C(c1cccc(O)c1F)c1c[nH]c2ncc(-c3ccccc3)cc12.O=C(c1cccc(O)c1F)c1c[nH]c2ncc(Br)cc12. The predicted octanol–water partition coefficient (Wildman–Crippen LogP) is 21.1. The zero-order valence-electron chi connectivity index (χ0n) is 65.2. The molecule has 0 aliphatic heterocycles. The molecule has 0 amide bonds. The molecule has 0 bridgehead atoms. The molecule has 6 aromatic carbocycles. The van der Waals surface area contributed by atoms with Crippen LogP contribution in [0.4, 0.5) is 36.7 Å². The number of fused-ring (bicyclic) bond motifs is 4. The number of ketones is 4. The van der Waals surface area contributed by atoms with Crippen molar-refractivity contribution in [3.63, 3.8) is 0 Å². The van der Waals surface area contributed by atoms with Crippen LogP contribution in [-0.4, -0.2) is 119 Å². The first-order valence-electron chi connectivity index (χ1n) is 36.0. The van der Waals surface area contributed by atoms with Gasteiger partial charge in [0.2, 0.25) is 0 Å². The Hall–Kier alpha value is -13.5. The molecule has 0 radical (unpaired) electrons. The van der Waals surface area contributed by atoms with E-state index in [1.807, 2.05) is 66.7 Å². The molecule has 8 heterocycles. The minimum Gasteiger partial charge on any atom is -0.505 e. The number of phenols is 2. The second-order valence-corrected chi connectivity index (χ2v) is 32.0. The number of phenolic OH excluding ortho intramolecular Hbond substituents is 2. The predicted molar refractivity (Wildman–Crippen MR) is 438 cm³/mol. The van der Waals surface area contributed by atoms with E-state index in [-0.39, 0.29) is 44.7 Å². The van der Waals surface area contributed by atoms with Gasteiger partial charge >= 0.3 is 24.5 Å². The number of carbonyl (C=O) groups is 8. The molecular weight excluding hydrogens is 1660 g/mol. The molecule has 0 fully saturated rings. The molecule has 0 unspecified atom stereocenters. The average Bonchev–Trinajstić information content (AvgIpc) is 1.62. The van der Waals surface area contributed by atoms with Gasteiger partial charge in [-0.05, 0) is 199 Å².